The molecule has 0 spiro atoms. The predicted octanol–water partition coefficient (Wildman–Crippen LogP) is 4.60. The van der Waals surface area contributed by atoms with Crippen LogP contribution in [0.15, 0.2) is 47.1 Å². The molecule has 0 saturated carbocycles. The van der Waals surface area contributed by atoms with Crippen LogP contribution >= 0.6 is 0 Å². The summed E-state index contributed by atoms with van der Waals surface area (Å²) >= 11 is 0. The van der Waals surface area contributed by atoms with Crippen LogP contribution in [0.25, 0.3) is 22.5 Å². The quantitative estimate of drug-likeness (QED) is 0.471. The third-order valence-electron chi connectivity index (χ3n) is 4.74. The third kappa shape index (κ3) is 4.50. The highest BCUT2D eigenvalue weighted by atomic mass is 19.4. The van der Waals surface area contributed by atoms with E-state index in [1.165, 1.54) is 24.5 Å². The van der Waals surface area contributed by atoms with E-state index >= 15 is 0 Å². The number of rotatable bonds is 5. The lowest BCUT2D eigenvalue weighted by Gasteiger charge is -2.12. The number of halogens is 3. The fraction of sp³-hybridized carbons (Fsp3) is 0.182. The number of pyridine rings is 1. The first-order chi connectivity index (χ1) is 15.7. The molecule has 4 aromatic rings. The number of hydrogen-bond donors (Lipinski definition) is 1. The van der Waals surface area contributed by atoms with Gasteiger partial charge in [0.25, 0.3) is 5.91 Å². The van der Waals surface area contributed by atoms with Crippen molar-refractivity contribution >= 4 is 22.6 Å². The van der Waals surface area contributed by atoms with Crippen molar-refractivity contribution in [3.63, 3.8) is 0 Å². The SMILES string of the molecule is Cc1nn(C)c2nc(-c3ccco3)cc(C(=O)Nc3ccc(OCC(F)(F)F)c(C#N)c3)c12. The van der Waals surface area contributed by atoms with E-state index < -0.39 is 18.7 Å². The van der Waals surface area contributed by atoms with E-state index in [9.17, 15) is 23.2 Å². The molecule has 1 N–H and O–H groups in total. The normalized spacial score (nSPS) is 11.4. The van der Waals surface area contributed by atoms with Crippen molar-refractivity contribution in [3.05, 3.63) is 59.5 Å². The molecule has 168 valence electrons. The number of benzene rings is 1. The maximum absolute atomic E-state index is 13.2. The van der Waals surface area contributed by atoms with E-state index in [2.05, 4.69) is 20.1 Å². The van der Waals surface area contributed by atoms with Crippen LogP contribution in [0.1, 0.15) is 21.6 Å². The van der Waals surface area contributed by atoms with Gasteiger partial charge >= 0.3 is 6.18 Å². The maximum Gasteiger partial charge on any atom is 0.422 e. The minimum absolute atomic E-state index is 0.147. The Morgan fingerprint density at radius 3 is 2.76 bits per heavy atom. The molecule has 0 saturated heterocycles. The number of aryl methyl sites for hydroxylation is 2. The second-order valence-electron chi connectivity index (χ2n) is 7.12. The Kier molecular flexibility index (Phi) is 5.51. The van der Waals surface area contributed by atoms with Crippen molar-refractivity contribution in [1.29, 1.82) is 5.26 Å². The largest absolute Gasteiger partial charge is 0.483 e. The molecule has 1 amide bonds. The number of nitrogens with one attached hydrogen (secondary N) is 1. The number of anilines is 1. The van der Waals surface area contributed by atoms with Gasteiger partial charge in [-0.05, 0) is 43.3 Å². The van der Waals surface area contributed by atoms with Crippen molar-refractivity contribution < 1.29 is 27.1 Å². The van der Waals surface area contributed by atoms with E-state index in [1.807, 2.05) is 0 Å². The molecule has 4 rings (SSSR count). The number of nitriles is 1. The molecule has 8 nitrogen and oxygen atoms in total. The Balaban J connectivity index is 1.69. The van der Waals surface area contributed by atoms with Crippen molar-refractivity contribution in [3.8, 4) is 23.3 Å². The van der Waals surface area contributed by atoms with Crippen molar-refractivity contribution in [2.75, 3.05) is 11.9 Å². The second kappa shape index (κ2) is 8.31. The average molecular weight is 455 g/mol. The molecule has 0 unspecified atom stereocenters. The molecule has 0 fully saturated rings. The summed E-state index contributed by atoms with van der Waals surface area (Å²) in [5.41, 5.74) is 1.82. The molecular formula is C22H16F3N5O3. The molecule has 0 radical (unpaired) electrons. The number of nitrogens with zero attached hydrogens (tertiary/aromatic N) is 4. The summed E-state index contributed by atoms with van der Waals surface area (Å²) in [4.78, 5) is 17.7. The molecule has 1 aromatic carbocycles. The van der Waals surface area contributed by atoms with Crippen LogP contribution in [0, 0.1) is 18.3 Å². The van der Waals surface area contributed by atoms with Gasteiger partial charge in [-0.2, -0.15) is 23.5 Å². The Bertz CT molecular complexity index is 1390. The summed E-state index contributed by atoms with van der Waals surface area (Å²) < 4.78 is 48.9. The number of carbonyl (C=O) groups excluding carboxylic acids is 1. The van der Waals surface area contributed by atoms with Crippen LogP contribution in [0.4, 0.5) is 18.9 Å². The summed E-state index contributed by atoms with van der Waals surface area (Å²) in [7, 11) is 1.70. The molecule has 33 heavy (non-hydrogen) atoms. The first-order valence-corrected chi connectivity index (χ1v) is 9.59. The molecule has 0 aliphatic heterocycles. The zero-order chi connectivity index (χ0) is 23.8. The molecule has 0 aliphatic rings. The standard InChI is InChI=1S/C22H16F3N5O3/c1-12-19-15(9-16(18-4-3-7-32-18)28-20(19)30(2)29-12)21(31)27-14-5-6-17(13(8-14)10-26)33-11-22(23,24)25/h3-9H,11H2,1-2H3,(H,27,31). The number of fused-ring (bicyclic) bond motifs is 1. The summed E-state index contributed by atoms with van der Waals surface area (Å²) in [6.45, 7) is 0.214. The van der Waals surface area contributed by atoms with Gasteiger partial charge in [0.2, 0.25) is 0 Å². The maximum atomic E-state index is 13.2. The van der Waals surface area contributed by atoms with Gasteiger partial charge < -0.3 is 14.5 Å². The van der Waals surface area contributed by atoms with Gasteiger partial charge in [0.1, 0.15) is 17.5 Å². The Morgan fingerprint density at radius 1 is 1.30 bits per heavy atom. The number of alkyl halides is 3. The van der Waals surface area contributed by atoms with Crippen LogP contribution in [-0.4, -0.2) is 33.5 Å². The summed E-state index contributed by atoms with van der Waals surface area (Å²) in [6, 6.07) is 10.5. The fourth-order valence-corrected chi connectivity index (χ4v) is 3.35. The smallest absolute Gasteiger partial charge is 0.422 e. The van der Waals surface area contributed by atoms with Crippen molar-refractivity contribution in [2.45, 2.75) is 13.1 Å². The van der Waals surface area contributed by atoms with Crippen LogP contribution < -0.4 is 10.1 Å². The van der Waals surface area contributed by atoms with Gasteiger partial charge in [0.05, 0.1) is 28.5 Å². The van der Waals surface area contributed by atoms with E-state index in [-0.39, 0.29) is 22.6 Å². The van der Waals surface area contributed by atoms with Crippen LogP contribution in [0.5, 0.6) is 5.75 Å². The molecule has 0 aliphatic carbocycles. The highest BCUT2D eigenvalue weighted by Crippen LogP contribution is 2.29. The zero-order valence-electron chi connectivity index (χ0n) is 17.4. The van der Waals surface area contributed by atoms with Gasteiger partial charge in [-0.15, -0.1) is 0 Å². The molecular weight excluding hydrogens is 439 g/mol. The molecule has 0 atom stereocenters. The van der Waals surface area contributed by atoms with E-state index in [4.69, 9.17) is 4.42 Å². The summed E-state index contributed by atoms with van der Waals surface area (Å²) in [6.07, 6.45) is -3.05. The molecule has 3 heterocycles. The fourth-order valence-electron chi connectivity index (χ4n) is 3.35. The number of aromatic nitrogens is 3. The Labute approximate surface area is 185 Å². The summed E-state index contributed by atoms with van der Waals surface area (Å²) in [5.74, 6) is -0.288. The van der Waals surface area contributed by atoms with E-state index in [1.54, 1.807) is 42.9 Å². The molecule has 3 aromatic heterocycles. The van der Waals surface area contributed by atoms with Gasteiger partial charge in [0, 0.05) is 12.7 Å². The van der Waals surface area contributed by atoms with Gasteiger partial charge in [-0.3, -0.25) is 9.48 Å². The number of amides is 1. The van der Waals surface area contributed by atoms with Crippen LogP contribution in [0.2, 0.25) is 0 Å². The van der Waals surface area contributed by atoms with E-state index in [0.29, 0.717) is 28.2 Å². The first-order valence-electron chi connectivity index (χ1n) is 9.59. The predicted molar refractivity (Wildman–Crippen MR) is 112 cm³/mol. The Hall–Kier alpha value is -4.33. The lowest BCUT2D eigenvalue weighted by Crippen LogP contribution is -2.19. The topological polar surface area (TPSA) is 106 Å². The summed E-state index contributed by atoms with van der Waals surface area (Å²) in [5, 5.41) is 16.8. The number of hydrogen-bond acceptors (Lipinski definition) is 6. The lowest BCUT2D eigenvalue weighted by molar-refractivity contribution is -0.153. The Morgan fingerprint density at radius 2 is 2.09 bits per heavy atom. The minimum Gasteiger partial charge on any atom is -0.483 e. The highest BCUT2D eigenvalue weighted by Gasteiger charge is 2.29. The van der Waals surface area contributed by atoms with Crippen LogP contribution in [0.3, 0.4) is 0 Å². The highest BCUT2D eigenvalue weighted by molar-refractivity contribution is 6.13. The number of ether oxygens (including phenoxy) is 1. The van der Waals surface area contributed by atoms with Crippen molar-refractivity contribution in [1.82, 2.24) is 14.8 Å². The minimum atomic E-state index is -4.54. The van der Waals surface area contributed by atoms with Crippen molar-refractivity contribution in [2.24, 2.45) is 7.05 Å². The number of furan rings is 1. The van der Waals surface area contributed by atoms with Gasteiger partial charge in [0.15, 0.2) is 18.0 Å². The number of carbonyl (C=O) groups is 1. The molecule has 11 heteroatoms. The zero-order valence-corrected chi connectivity index (χ0v) is 17.4. The first kappa shape index (κ1) is 21.9. The van der Waals surface area contributed by atoms with E-state index in [0.717, 1.165) is 0 Å². The lowest BCUT2D eigenvalue weighted by atomic mass is 10.1. The average Bonchev–Trinajstić information content (AvgIpc) is 3.40. The monoisotopic (exact) mass is 455 g/mol. The molecule has 0 bridgehead atoms. The van der Waals surface area contributed by atoms with Gasteiger partial charge in [-0.1, -0.05) is 0 Å². The van der Waals surface area contributed by atoms with Gasteiger partial charge in [-0.25, -0.2) is 4.98 Å². The second-order valence-corrected chi connectivity index (χ2v) is 7.12. The third-order valence-corrected chi connectivity index (χ3v) is 4.74. The van der Waals surface area contributed by atoms with Crippen LogP contribution in [-0.2, 0) is 7.05 Å².